The first kappa shape index (κ1) is 14.5. The Morgan fingerprint density at radius 3 is 2.25 bits per heavy atom. The van der Waals surface area contributed by atoms with E-state index in [1.165, 1.54) is 0 Å². The maximum absolute atomic E-state index is 10.4. The maximum atomic E-state index is 10.4. The summed E-state index contributed by atoms with van der Waals surface area (Å²) in [6.45, 7) is 3.38. The Morgan fingerprint density at radius 1 is 1.19 bits per heavy atom. The number of carboxylic acid groups (broad SMARTS) is 2. The van der Waals surface area contributed by atoms with Gasteiger partial charge >= 0.3 is 12.3 Å². The quantitative estimate of drug-likeness (QED) is 0.510. The summed E-state index contributed by atoms with van der Waals surface area (Å²) in [5.41, 5.74) is -0.922. The van der Waals surface area contributed by atoms with Gasteiger partial charge in [0.25, 0.3) is 0 Å². The van der Waals surface area contributed by atoms with E-state index in [-0.39, 0.29) is 19.8 Å². The summed E-state index contributed by atoms with van der Waals surface area (Å²) < 4.78 is 13.9. The summed E-state index contributed by atoms with van der Waals surface area (Å²) in [4.78, 5) is 20.4. The number of rotatable bonds is 7. The van der Waals surface area contributed by atoms with E-state index in [0.29, 0.717) is 6.42 Å². The zero-order chi connectivity index (χ0) is 12.6. The van der Waals surface area contributed by atoms with Crippen LogP contribution in [0.25, 0.3) is 0 Å². The fraction of sp³-hybridized carbons (Fsp3) is 0.778. The average Bonchev–Trinajstić information content (AvgIpc) is 2.15. The number of carbonyl (C=O) groups is 2. The molecule has 0 amide bonds. The van der Waals surface area contributed by atoms with Crippen molar-refractivity contribution in [3.63, 3.8) is 0 Å². The summed E-state index contributed by atoms with van der Waals surface area (Å²) in [6, 6.07) is 0. The standard InChI is InChI=1S/C9H16O7/c1-3-9(2,16-8(12)13)6-14-4-5-15-7(10)11/h3-6H2,1-2H3,(H,10,11)(H,12,13). The molecule has 7 nitrogen and oxygen atoms in total. The number of hydrogen-bond donors (Lipinski definition) is 2. The second kappa shape index (κ2) is 6.89. The van der Waals surface area contributed by atoms with Gasteiger partial charge in [-0.3, -0.25) is 0 Å². The van der Waals surface area contributed by atoms with E-state index in [9.17, 15) is 9.59 Å². The van der Waals surface area contributed by atoms with Crippen LogP contribution in [-0.2, 0) is 14.2 Å². The molecule has 94 valence electrons. The highest BCUT2D eigenvalue weighted by Gasteiger charge is 2.27. The minimum Gasteiger partial charge on any atom is -0.450 e. The van der Waals surface area contributed by atoms with Crippen LogP contribution in [0.2, 0.25) is 0 Å². The molecule has 0 aliphatic rings. The van der Waals surface area contributed by atoms with Gasteiger partial charge in [-0.05, 0) is 13.3 Å². The van der Waals surface area contributed by atoms with E-state index in [2.05, 4.69) is 9.47 Å². The zero-order valence-electron chi connectivity index (χ0n) is 9.26. The Morgan fingerprint density at radius 2 is 1.81 bits per heavy atom. The molecule has 0 bridgehead atoms. The third-order valence-corrected chi connectivity index (χ3v) is 1.94. The first-order valence-electron chi connectivity index (χ1n) is 4.75. The fourth-order valence-corrected chi connectivity index (χ4v) is 0.890. The van der Waals surface area contributed by atoms with Crippen LogP contribution in [0.3, 0.4) is 0 Å². The molecule has 0 fully saturated rings. The lowest BCUT2D eigenvalue weighted by molar-refractivity contribution is -0.0691. The van der Waals surface area contributed by atoms with Gasteiger partial charge in [-0.1, -0.05) is 6.92 Å². The van der Waals surface area contributed by atoms with Crippen molar-refractivity contribution in [1.82, 2.24) is 0 Å². The van der Waals surface area contributed by atoms with Gasteiger partial charge in [0.1, 0.15) is 12.2 Å². The van der Waals surface area contributed by atoms with Crippen LogP contribution in [0.15, 0.2) is 0 Å². The molecule has 0 aromatic heterocycles. The summed E-state index contributed by atoms with van der Waals surface area (Å²) in [6.07, 6.45) is -2.28. The SMILES string of the molecule is CCC(C)(COCCOC(=O)O)OC(=O)O. The van der Waals surface area contributed by atoms with E-state index in [4.69, 9.17) is 14.9 Å². The van der Waals surface area contributed by atoms with Gasteiger partial charge in [0, 0.05) is 0 Å². The molecule has 0 heterocycles. The predicted octanol–water partition coefficient (Wildman–Crippen LogP) is 1.56. The summed E-state index contributed by atoms with van der Waals surface area (Å²) in [5, 5.41) is 16.6. The van der Waals surface area contributed by atoms with Crippen LogP contribution in [0.1, 0.15) is 20.3 Å². The minimum absolute atomic E-state index is 0.0543. The lowest BCUT2D eigenvalue weighted by atomic mass is 10.1. The van der Waals surface area contributed by atoms with Crippen LogP contribution < -0.4 is 0 Å². The molecule has 0 aliphatic heterocycles. The second-order valence-electron chi connectivity index (χ2n) is 3.34. The Labute approximate surface area is 92.9 Å². The molecule has 0 saturated heterocycles. The van der Waals surface area contributed by atoms with Gasteiger partial charge in [-0.25, -0.2) is 9.59 Å². The molecule has 0 spiro atoms. The van der Waals surface area contributed by atoms with Crippen molar-refractivity contribution in [3.8, 4) is 0 Å². The van der Waals surface area contributed by atoms with Crippen LogP contribution in [0.5, 0.6) is 0 Å². The molecule has 1 unspecified atom stereocenters. The Kier molecular flexibility index (Phi) is 6.24. The normalized spacial score (nSPS) is 13.9. The summed E-state index contributed by atoms with van der Waals surface area (Å²) in [7, 11) is 0. The lowest BCUT2D eigenvalue weighted by Crippen LogP contribution is -2.36. The molecule has 0 aromatic rings. The molecule has 0 radical (unpaired) electrons. The van der Waals surface area contributed by atoms with E-state index >= 15 is 0 Å². The molecule has 2 N–H and O–H groups in total. The Balaban J connectivity index is 3.78. The van der Waals surface area contributed by atoms with Gasteiger partial charge in [0.15, 0.2) is 0 Å². The van der Waals surface area contributed by atoms with Crippen molar-refractivity contribution in [2.45, 2.75) is 25.9 Å². The largest absolute Gasteiger partial charge is 0.506 e. The summed E-state index contributed by atoms with van der Waals surface area (Å²) >= 11 is 0. The molecule has 1 atom stereocenters. The molecule has 16 heavy (non-hydrogen) atoms. The maximum Gasteiger partial charge on any atom is 0.506 e. The smallest absolute Gasteiger partial charge is 0.450 e. The van der Waals surface area contributed by atoms with Crippen molar-refractivity contribution in [1.29, 1.82) is 0 Å². The third-order valence-electron chi connectivity index (χ3n) is 1.94. The molecule has 0 saturated carbocycles. The number of hydrogen-bond acceptors (Lipinski definition) is 5. The van der Waals surface area contributed by atoms with E-state index in [1.807, 2.05) is 0 Å². The molecular formula is C9H16O7. The fourth-order valence-electron chi connectivity index (χ4n) is 0.890. The monoisotopic (exact) mass is 236 g/mol. The van der Waals surface area contributed by atoms with Gasteiger partial charge in [-0.15, -0.1) is 0 Å². The predicted molar refractivity (Wildman–Crippen MR) is 52.6 cm³/mol. The Hall–Kier alpha value is -1.50. The van der Waals surface area contributed by atoms with E-state index < -0.39 is 17.9 Å². The topological polar surface area (TPSA) is 102 Å². The highest BCUT2D eigenvalue weighted by Crippen LogP contribution is 2.15. The van der Waals surface area contributed by atoms with Crippen LogP contribution >= 0.6 is 0 Å². The molecule has 7 heteroatoms. The van der Waals surface area contributed by atoms with Crippen LogP contribution in [0.4, 0.5) is 9.59 Å². The second-order valence-corrected chi connectivity index (χ2v) is 3.34. The minimum atomic E-state index is -1.37. The van der Waals surface area contributed by atoms with Crippen LogP contribution in [-0.4, -0.2) is 47.9 Å². The van der Waals surface area contributed by atoms with E-state index in [1.54, 1.807) is 13.8 Å². The Bertz CT molecular complexity index is 240. The van der Waals surface area contributed by atoms with Crippen molar-refractivity contribution in [2.75, 3.05) is 19.8 Å². The third kappa shape index (κ3) is 6.88. The first-order valence-corrected chi connectivity index (χ1v) is 4.75. The highest BCUT2D eigenvalue weighted by molar-refractivity contribution is 5.57. The molecular weight excluding hydrogens is 220 g/mol. The molecule has 0 rings (SSSR count). The van der Waals surface area contributed by atoms with Gasteiger partial charge in [0.05, 0.1) is 13.2 Å². The molecule has 0 aromatic carbocycles. The van der Waals surface area contributed by atoms with Crippen molar-refractivity contribution < 1.29 is 34.0 Å². The van der Waals surface area contributed by atoms with Gasteiger partial charge in [-0.2, -0.15) is 0 Å². The average molecular weight is 236 g/mol. The van der Waals surface area contributed by atoms with Crippen LogP contribution in [0, 0.1) is 0 Å². The lowest BCUT2D eigenvalue weighted by Gasteiger charge is -2.26. The van der Waals surface area contributed by atoms with Crippen molar-refractivity contribution in [3.05, 3.63) is 0 Å². The molecule has 0 aliphatic carbocycles. The van der Waals surface area contributed by atoms with Gasteiger partial charge < -0.3 is 24.4 Å². The number of ether oxygens (including phenoxy) is 3. The van der Waals surface area contributed by atoms with Crippen molar-refractivity contribution >= 4 is 12.3 Å². The highest BCUT2D eigenvalue weighted by atomic mass is 16.7. The van der Waals surface area contributed by atoms with Gasteiger partial charge in [0.2, 0.25) is 0 Å². The zero-order valence-corrected chi connectivity index (χ0v) is 9.26. The van der Waals surface area contributed by atoms with E-state index in [0.717, 1.165) is 0 Å². The summed E-state index contributed by atoms with van der Waals surface area (Å²) in [5.74, 6) is 0. The first-order chi connectivity index (χ1) is 7.39. The van der Waals surface area contributed by atoms with Crippen molar-refractivity contribution in [2.24, 2.45) is 0 Å².